The van der Waals surface area contributed by atoms with E-state index in [0.29, 0.717) is 0 Å². The number of nitrogens with one attached hydrogen (secondary N) is 1. The van der Waals surface area contributed by atoms with Crippen molar-refractivity contribution < 1.29 is 4.74 Å². The van der Waals surface area contributed by atoms with Crippen molar-refractivity contribution in [3.8, 4) is 0 Å². The molecule has 0 atom stereocenters. The molecule has 0 bridgehead atoms. The molecular formula is C14H22IN3O. The molecule has 1 saturated carbocycles. The third-order valence-corrected chi connectivity index (χ3v) is 5.11. The van der Waals surface area contributed by atoms with Crippen LogP contribution >= 0.6 is 22.6 Å². The molecule has 0 saturated heterocycles. The molecule has 0 spiro atoms. The number of nitrogens with zero attached hydrogens (tertiary/aromatic N) is 2. The predicted molar refractivity (Wildman–Crippen MR) is 85.4 cm³/mol. The molecule has 1 aromatic rings. The maximum absolute atomic E-state index is 5.84. The highest BCUT2D eigenvalue weighted by atomic mass is 127. The summed E-state index contributed by atoms with van der Waals surface area (Å²) >= 11 is 2.30. The summed E-state index contributed by atoms with van der Waals surface area (Å²) in [6.45, 7) is 4.99. The number of rotatable bonds is 4. The Kier molecular flexibility index (Phi) is 5.00. The highest BCUT2D eigenvalue weighted by molar-refractivity contribution is 14.1. The van der Waals surface area contributed by atoms with Gasteiger partial charge in [0.15, 0.2) is 5.82 Å². The van der Waals surface area contributed by atoms with E-state index in [1.807, 2.05) is 6.92 Å². The fourth-order valence-electron chi connectivity index (χ4n) is 2.69. The van der Waals surface area contributed by atoms with Crippen LogP contribution in [0.15, 0.2) is 0 Å². The van der Waals surface area contributed by atoms with Crippen molar-refractivity contribution in [1.82, 2.24) is 9.97 Å². The van der Waals surface area contributed by atoms with Gasteiger partial charge in [0.05, 0.1) is 9.26 Å². The summed E-state index contributed by atoms with van der Waals surface area (Å²) in [7, 11) is 1.79. The molecule has 0 aliphatic heterocycles. The lowest BCUT2D eigenvalue weighted by molar-refractivity contribution is -0.0515. The monoisotopic (exact) mass is 375 g/mol. The average Bonchev–Trinajstić information content (AvgIpc) is 2.44. The number of hydrogen-bond acceptors (Lipinski definition) is 4. The Morgan fingerprint density at radius 3 is 2.53 bits per heavy atom. The van der Waals surface area contributed by atoms with Gasteiger partial charge in [0.2, 0.25) is 0 Å². The third kappa shape index (κ3) is 3.02. The molecule has 0 unspecified atom stereocenters. The van der Waals surface area contributed by atoms with Crippen LogP contribution in [0.3, 0.4) is 0 Å². The van der Waals surface area contributed by atoms with Gasteiger partial charge in [-0.3, -0.25) is 0 Å². The Labute approximate surface area is 128 Å². The Bertz CT molecular complexity index is 445. The van der Waals surface area contributed by atoms with Crippen LogP contribution in [0.2, 0.25) is 0 Å². The minimum atomic E-state index is -0.280. The lowest BCUT2D eigenvalue weighted by Crippen LogP contribution is -2.34. The van der Waals surface area contributed by atoms with Gasteiger partial charge in [-0.05, 0) is 49.3 Å². The van der Waals surface area contributed by atoms with Gasteiger partial charge >= 0.3 is 0 Å². The van der Waals surface area contributed by atoms with E-state index in [0.717, 1.165) is 40.3 Å². The van der Waals surface area contributed by atoms with Crippen LogP contribution in [0.4, 0.5) is 5.82 Å². The van der Waals surface area contributed by atoms with Crippen LogP contribution < -0.4 is 5.32 Å². The molecule has 1 heterocycles. The van der Waals surface area contributed by atoms with Crippen LogP contribution in [0.5, 0.6) is 0 Å². The number of hydrogen-bond donors (Lipinski definition) is 1. The maximum Gasteiger partial charge on any atom is 0.162 e. The van der Waals surface area contributed by atoms with Crippen molar-refractivity contribution in [3.05, 3.63) is 15.1 Å². The molecule has 1 fully saturated rings. The van der Waals surface area contributed by atoms with Gasteiger partial charge in [-0.25, -0.2) is 9.97 Å². The van der Waals surface area contributed by atoms with E-state index in [1.54, 1.807) is 7.11 Å². The van der Waals surface area contributed by atoms with Gasteiger partial charge in [-0.1, -0.05) is 19.3 Å². The Morgan fingerprint density at radius 1 is 1.26 bits per heavy atom. The summed E-state index contributed by atoms with van der Waals surface area (Å²) in [5.41, 5.74) is 0.751. The number of aromatic nitrogens is 2. The van der Waals surface area contributed by atoms with E-state index in [-0.39, 0.29) is 5.60 Å². The smallest absolute Gasteiger partial charge is 0.162 e. The molecule has 106 valence electrons. The minimum absolute atomic E-state index is 0.280. The number of anilines is 1. The van der Waals surface area contributed by atoms with Gasteiger partial charge in [0.25, 0.3) is 0 Å². The molecule has 4 nitrogen and oxygen atoms in total. The van der Waals surface area contributed by atoms with E-state index in [9.17, 15) is 0 Å². The van der Waals surface area contributed by atoms with E-state index < -0.39 is 0 Å². The average molecular weight is 375 g/mol. The van der Waals surface area contributed by atoms with Crippen molar-refractivity contribution in [2.24, 2.45) is 0 Å². The highest BCUT2D eigenvalue weighted by Gasteiger charge is 2.37. The van der Waals surface area contributed by atoms with Gasteiger partial charge in [0, 0.05) is 13.7 Å². The topological polar surface area (TPSA) is 47.0 Å². The largest absolute Gasteiger partial charge is 0.370 e. The number of halogens is 1. The first-order chi connectivity index (χ1) is 9.13. The van der Waals surface area contributed by atoms with E-state index >= 15 is 0 Å². The normalized spacial score (nSPS) is 18.3. The Hall–Kier alpha value is -0.430. The Balaban J connectivity index is 2.42. The van der Waals surface area contributed by atoms with Crippen LogP contribution in [-0.4, -0.2) is 23.6 Å². The molecule has 19 heavy (non-hydrogen) atoms. The molecule has 2 rings (SSSR count). The van der Waals surface area contributed by atoms with Crippen molar-refractivity contribution >= 4 is 28.4 Å². The SMILES string of the molecule is CCNc1nc(C2(OC)CCCCC2)nc(C)c1I. The van der Waals surface area contributed by atoms with E-state index in [4.69, 9.17) is 14.7 Å². The summed E-state index contributed by atoms with van der Waals surface area (Å²) in [6, 6.07) is 0. The van der Waals surface area contributed by atoms with Crippen molar-refractivity contribution in [2.75, 3.05) is 19.0 Å². The zero-order valence-corrected chi connectivity index (χ0v) is 14.1. The number of ether oxygens (including phenoxy) is 1. The summed E-state index contributed by atoms with van der Waals surface area (Å²) in [4.78, 5) is 9.43. The fourth-order valence-corrected chi connectivity index (χ4v) is 3.12. The molecule has 0 aromatic carbocycles. The van der Waals surface area contributed by atoms with Crippen molar-refractivity contribution in [3.63, 3.8) is 0 Å². The van der Waals surface area contributed by atoms with Gasteiger partial charge in [-0.15, -0.1) is 0 Å². The molecular weight excluding hydrogens is 353 g/mol. The van der Waals surface area contributed by atoms with Gasteiger partial charge in [0.1, 0.15) is 11.4 Å². The second kappa shape index (κ2) is 6.35. The quantitative estimate of drug-likeness (QED) is 0.817. The van der Waals surface area contributed by atoms with Crippen LogP contribution in [-0.2, 0) is 10.3 Å². The molecule has 1 aromatic heterocycles. The lowest BCUT2D eigenvalue weighted by atomic mass is 9.84. The second-order valence-corrected chi connectivity index (χ2v) is 6.16. The van der Waals surface area contributed by atoms with Crippen LogP contribution in [0.25, 0.3) is 0 Å². The third-order valence-electron chi connectivity index (χ3n) is 3.82. The first-order valence-corrected chi connectivity index (χ1v) is 8.04. The van der Waals surface area contributed by atoms with E-state index in [2.05, 4.69) is 34.8 Å². The molecule has 5 heteroatoms. The number of methoxy groups -OCH3 is 1. The summed E-state index contributed by atoms with van der Waals surface area (Å²) in [5.74, 6) is 1.79. The summed E-state index contributed by atoms with van der Waals surface area (Å²) in [5, 5.41) is 3.32. The van der Waals surface area contributed by atoms with Crippen molar-refractivity contribution in [1.29, 1.82) is 0 Å². The number of aryl methyl sites for hydroxylation is 1. The lowest BCUT2D eigenvalue weighted by Gasteiger charge is -2.34. The maximum atomic E-state index is 5.84. The molecule has 1 aliphatic carbocycles. The molecule has 0 amide bonds. The van der Waals surface area contributed by atoms with Crippen molar-refractivity contribution in [2.45, 2.75) is 51.6 Å². The molecule has 0 radical (unpaired) electrons. The van der Waals surface area contributed by atoms with Crippen LogP contribution in [0.1, 0.15) is 50.5 Å². The summed E-state index contributed by atoms with van der Waals surface area (Å²) in [6.07, 6.45) is 5.72. The van der Waals surface area contributed by atoms with Gasteiger partial charge < -0.3 is 10.1 Å². The first-order valence-electron chi connectivity index (χ1n) is 6.96. The fraction of sp³-hybridized carbons (Fsp3) is 0.714. The summed E-state index contributed by atoms with van der Waals surface area (Å²) < 4.78 is 6.94. The molecule has 1 N–H and O–H groups in total. The second-order valence-electron chi connectivity index (χ2n) is 5.08. The minimum Gasteiger partial charge on any atom is -0.370 e. The van der Waals surface area contributed by atoms with Gasteiger partial charge in [-0.2, -0.15) is 0 Å². The molecule has 1 aliphatic rings. The van der Waals surface area contributed by atoms with E-state index in [1.165, 1.54) is 19.3 Å². The zero-order valence-electron chi connectivity index (χ0n) is 11.9. The van der Waals surface area contributed by atoms with Crippen LogP contribution in [0, 0.1) is 10.5 Å². The highest BCUT2D eigenvalue weighted by Crippen LogP contribution is 2.39. The Morgan fingerprint density at radius 2 is 1.95 bits per heavy atom. The first kappa shape index (κ1) is 15.0. The zero-order chi connectivity index (χ0) is 13.9. The predicted octanol–water partition coefficient (Wildman–Crippen LogP) is 3.63. The standard InChI is InChI=1S/C14H22IN3O/c1-4-16-12-11(15)10(2)17-13(18-12)14(19-3)8-6-5-7-9-14/h4-9H2,1-3H3,(H,16,17,18).